The molecule has 4 rings (SSSR count). The van der Waals surface area contributed by atoms with Gasteiger partial charge in [-0.3, -0.25) is 4.79 Å². The lowest BCUT2D eigenvalue weighted by atomic mass is 10.1. The molecule has 2 saturated heterocycles. The molecule has 0 saturated carbocycles. The van der Waals surface area contributed by atoms with E-state index in [0.717, 1.165) is 63.7 Å². The van der Waals surface area contributed by atoms with Gasteiger partial charge < -0.3 is 24.4 Å². The van der Waals surface area contributed by atoms with Crippen LogP contribution in [0.3, 0.4) is 0 Å². The van der Waals surface area contributed by atoms with Crippen LogP contribution in [0.4, 0.5) is 5.69 Å². The number of carbonyl (C=O) groups excluding carboxylic acids is 1. The van der Waals surface area contributed by atoms with E-state index in [0.29, 0.717) is 12.2 Å². The van der Waals surface area contributed by atoms with E-state index < -0.39 is 0 Å². The average Bonchev–Trinajstić information content (AvgIpc) is 3.28. The van der Waals surface area contributed by atoms with E-state index >= 15 is 0 Å². The number of benzene rings is 2. The first kappa shape index (κ1) is 19.9. The smallest absolute Gasteiger partial charge is 0.255 e. The molecule has 29 heavy (non-hydrogen) atoms. The summed E-state index contributed by atoms with van der Waals surface area (Å²) in [6.45, 7) is 6.14. The number of hydrogen-bond donors (Lipinski definition) is 2. The minimum Gasteiger partial charge on any atom is -0.491 e. The van der Waals surface area contributed by atoms with Crippen molar-refractivity contribution in [2.24, 2.45) is 0 Å². The molecule has 0 aliphatic carbocycles. The number of quaternary nitrogens is 1. The highest BCUT2D eigenvalue weighted by molar-refractivity contribution is 6.04. The van der Waals surface area contributed by atoms with Crippen LogP contribution in [0.25, 0.3) is 0 Å². The fourth-order valence-corrected chi connectivity index (χ4v) is 3.70. The van der Waals surface area contributed by atoms with Gasteiger partial charge in [-0.05, 0) is 49.2 Å². The van der Waals surface area contributed by atoms with Crippen molar-refractivity contribution in [1.29, 1.82) is 0 Å². The van der Waals surface area contributed by atoms with Crippen LogP contribution in [0.2, 0.25) is 0 Å². The van der Waals surface area contributed by atoms with E-state index in [1.54, 1.807) is 12.1 Å². The molecule has 6 heteroatoms. The Morgan fingerprint density at radius 2 is 1.79 bits per heavy atom. The summed E-state index contributed by atoms with van der Waals surface area (Å²) in [5.41, 5.74) is 2.68. The van der Waals surface area contributed by atoms with E-state index in [1.165, 1.54) is 10.5 Å². The molecule has 0 radical (unpaired) electrons. The van der Waals surface area contributed by atoms with Gasteiger partial charge >= 0.3 is 0 Å². The molecule has 1 amide bonds. The van der Waals surface area contributed by atoms with Crippen molar-refractivity contribution in [3.63, 3.8) is 0 Å². The van der Waals surface area contributed by atoms with E-state index in [1.807, 2.05) is 24.3 Å². The van der Waals surface area contributed by atoms with E-state index in [-0.39, 0.29) is 12.0 Å². The van der Waals surface area contributed by atoms with Crippen LogP contribution in [0.5, 0.6) is 5.75 Å². The molecular formula is C23H29N2O4+. The number of ether oxygens (including phenoxy) is 3. The number of morpholine rings is 1. The van der Waals surface area contributed by atoms with Crippen molar-refractivity contribution in [3.05, 3.63) is 59.7 Å². The van der Waals surface area contributed by atoms with Crippen molar-refractivity contribution in [2.45, 2.75) is 25.5 Å². The van der Waals surface area contributed by atoms with Crippen LogP contribution in [0.15, 0.2) is 48.5 Å². The Kier molecular flexibility index (Phi) is 6.77. The van der Waals surface area contributed by atoms with Crippen molar-refractivity contribution >= 4 is 11.6 Å². The summed E-state index contributed by atoms with van der Waals surface area (Å²) in [4.78, 5) is 14.0. The van der Waals surface area contributed by atoms with Gasteiger partial charge in [-0.1, -0.05) is 12.1 Å². The molecule has 2 fully saturated rings. The highest BCUT2D eigenvalue weighted by atomic mass is 16.5. The third kappa shape index (κ3) is 5.79. The Hall–Kier alpha value is -2.41. The number of amides is 1. The summed E-state index contributed by atoms with van der Waals surface area (Å²) < 4.78 is 16.7. The van der Waals surface area contributed by atoms with Crippen molar-refractivity contribution in [2.75, 3.05) is 44.8 Å². The zero-order chi connectivity index (χ0) is 19.9. The second-order valence-electron chi connectivity index (χ2n) is 7.66. The molecule has 2 aliphatic rings. The van der Waals surface area contributed by atoms with Gasteiger partial charge in [-0.15, -0.1) is 0 Å². The summed E-state index contributed by atoms with van der Waals surface area (Å²) in [6.07, 6.45) is 2.33. The number of hydrogen-bond acceptors (Lipinski definition) is 4. The lowest BCUT2D eigenvalue weighted by Crippen LogP contribution is -3.12. The third-order valence-electron chi connectivity index (χ3n) is 5.44. The normalized spacial score (nSPS) is 19.8. The van der Waals surface area contributed by atoms with E-state index in [9.17, 15) is 4.79 Å². The molecule has 0 aromatic heterocycles. The van der Waals surface area contributed by atoms with Gasteiger partial charge in [0.1, 0.15) is 32.0 Å². The van der Waals surface area contributed by atoms with Crippen molar-refractivity contribution in [1.82, 2.24) is 0 Å². The van der Waals surface area contributed by atoms with E-state index in [2.05, 4.69) is 17.4 Å². The number of anilines is 1. The fraction of sp³-hybridized carbons (Fsp3) is 0.435. The molecule has 6 nitrogen and oxygen atoms in total. The Balaban J connectivity index is 1.26. The molecule has 2 aromatic rings. The first-order valence-electron chi connectivity index (χ1n) is 10.4. The topological polar surface area (TPSA) is 61.2 Å². The van der Waals surface area contributed by atoms with Crippen molar-refractivity contribution in [3.8, 4) is 5.75 Å². The fourth-order valence-electron chi connectivity index (χ4n) is 3.70. The Morgan fingerprint density at radius 3 is 2.48 bits per heavy atom. The van der Waals surface area contributed by atoms with Gasteiger partial charge in [0.15, 0.2) is 0 Å². The van der Waals surface area contributed by atoms with Crippen LogP contribution >= 0.6 is 0 Å². The zero-order valence-electron chi connectivity index (χ0n) is 16.7. The number of carbonyl (C=O) groups is 1. The minimum absolute atomic E-state index is 0.123. The molecule has 0 bridgehead atoms. The summed E-state index contributed by atoms with van der Waals surface area (Å²) in [6, 6.07) is 15.3. The molecule has 2 N–H and O–H groups in total. The van der Waals surface area contributed by atoms with Crippen LogP contribution in [-0.4, -0.2) is 51.5 Å². The van der Waals surface area contributed by atoms with Crippen molar-refractivity contribution < 1.29 is 23.9 Å². The Bertz CT molecular complexity index is 780. The predicted octanol–water partition coefficient (Wildman–Crippen LogP) is 1.91. The van der Waals surface area contributed by atoms with Gasteiger partial charge in [0.05, 0.1) is 19.3 Å². The number of nitrogens with one attached hydrogen (secondary N) is 2. The molecular weight excluding hydrogens is 368 g/mol. The molecule has 0 unspecified atom stereocenters. The maximum absolute atomic E-state index is 12.5. The van der Waals surface area contributed by atoms with Gasteiger partial charge in [0.2, 0.25) is 0 Å². The van der Waals surface area contributed by atoms with Gasteiger partial charge in [0, 0.05) is 23.4 Å². The highest BCUT2D eigenvalue weighted by Gasteiger charge is 2.16. The van der Waals surface area contributed by atoms with Gasteiger partial charge in [-0.25, -0.2) is 0 Å². The van der Waals surface area contributed by atoms with Crippen LogP contribution in [0, 0.1) is 0 Å². The zero-order valence-corrected chi connectivity index (χ0v) is 16.7. The van der Waals surface area contributed by atoms with Crippen LogP contribution in [-0.2, 0) is 16.0 Å². The second-order valence-corrected chi connectivity index (χ2v) is 7.66. The first-order valence-corrected chi connectivity index (χ1v) is 10.4. The Morgan fingerprint density at radius 1 is 1.03 bits per heavy atom. The first-order chi connectivity index (χ1) is 14.3. The standard InChI is InChI=1S/C23H28N2O4/c26-23(19-5-9-21(10-6-19)29-17-22-2-1-13-28-22)24-20-7-3-18(4-8-20)16-25-11-14-27-15-12-25/h3-10,22H,1-2,11-17H2,(H,24,26)/p+1/t22-/m1/s1. The molecule has 2 aliphatic heterocycles. The average molecular weight is 397 g/mol. The second kappa shape index (κ2) is 9.87. The largest absolute Gasteiger partial charge is 0.491 e. The van der Waals surface area contributed by atoms with Gasteiger partial charge in [0.25, 0.3) is 5.91 Å². The van der Waals surface area contributed by atoms with Crippen LogP contribution < -0.4 is 15.0 Å². The summed E-state index contributed by atoms with van der Waals surface area (Å²) in [5.74, 6) is 0.634. The van der Waals surface area contributed by atoms with E-state index in [4.69, 9.17) is 14.2 Å². The minimum atomic E-state index is -0.123. The summed E-state index contributed by atoms with van der Waals surface area (Å²) in [7, 11) is 0. The summed E-state index contributed by atoms with van der Waals surface area (Å²) in [5, 5.41) is 2.96. The quantitative estimate of drug-likeness (QED) is 0.749. The van der Waals surface area contributed by atoms with Gasteiger partial charge in [-0.2, -0.15) is 0 Å². The number of rotatable bonds is 7. The monoisotopic (exact) mass is 397 g/mol. The third-order valence-corrected chi connectivity index (χ3v) is 5.44. The molecule has 1 atom stereocenters. The maximum Gasteiger partial charge on any atom is 0.255 e. The molecule has 2 aromatic carbocycles. The SMILES string of the molecule is O=C(Nc1ccc(C[NH+]2CCOCC2)cc1)c1ccc(OC[C@H]2CCCO2)cc1. The maximum atomic E-state index is 12.5. The lowest BCUT2D eigenvalue weighted by Gasteiger charge is -2.23. The Labute approximate surface area is 171 Å². The lowest BCUT2D eigenvalue weighted by molar-refractivity contribution is -0.921. The summed E-state index contributed by atoms with van der Waals surface area (Å²) >= 11 is 0. The molecule has 154 valence electrons. The highest BCUT2D eigenvalue weighted by Crippen LogP contribution is 2.17. The predicted molar refractivity (Wildman–Crippen MR) is 111 cm³/mol. The van der Waals surface area contributed by atoms with Crippen LogP contribution in [0.1, 0.15) is 28.8 Å². The molecule has 2 heterocycles. The molecule has 0 spiro atoms.